The van der Waals surface area contributed by atoms with E-state index in [4.69, 9.17) is 4.74 Å². The van der Waals surface area contributed by atoms with Crippen LogP contribution in [-0.2, 0) is 14.3 Å². The maximum atomic E-state index is 12.5. The van der Waals surface area contributed by atoms with Crippen molar-refractivity contribution in [2.45, 2.75) is 398 Å². The summed E-state index contributed by atoms with van der Waals surface area (Å²) in [6.07, 6.45) is 90.6. The summed E-state index contributed by atoms with van der Waals surface area (Å²) in [7, 11) is 0. The minimum absolute atomic E-state index is 0.00530. The molecule has 6 heteroatoms. The van der Waals surface area contributed by atoms with Gasteiger partial charge in [-0.2, -0.15) is 0 Å². The van der Waals surface area contributed by atoms with Crippen molar-refractivity contribution in [3.05, 3.63) is 48.6 Å². The van der Waals surface area contributed by atoms with E-state index in [0.717, 1.165) is 51.4 Å². The minimum Gasteiger partial charge on any atom is -0.466 e. The van der Waals surface area contributed by atoms with Gasteiger partial charge in [0.2, 0.25) is 5.91 Å². The van der Waals surface area contributed by atoms with Crippen LogP contribution in [0.3, 0.4) is 0 Å². The summed E-state index contributed by atoms with van der Waals surface area (Å²) in [5, 5.41) is 23.1. The number of hydrogen-bond donors (Lipinski definition) is 3. The van der Waals surface area contributed by atoms with Crippen LogP contribution in [0, 0.1) is 0 Å². The van der Waals surface area contributed by atoms with Crippen LogP contribution in [0.2, 0.25) is 0 Å². The zero-order chi connectivity index (χ0) is 57.8. The lowest BCUT2D eigenvalue weighted by atomic mass is 10.0. The van der Waals surface area contributed by atoms with Crippen LogP contribution >= 0.6 is 0 Å². The van der Waals surface area contributed by atoms with Crippen LogP contribution in [0.25, 0.3) is 0 Å². The number of esters is 1. The molecule has 0 aromatic heterocycles. The predicted octanol–water partition coefficient (Wildman–Crippen LogP) is 23.3. The molecule has 0 aromatic carbocycles. The molecule has 0 aliphatic rings. The second-order valence-corrected chi connectivity index (χ2v) is 24.6. The van der Waals surface area contributed by atoms with Crippen LogP contribution in [0.15, 0.2) is 48.6 Å². The number of amides is 1. The van der Waals surface area contributed by atoms with E-state index in [1.165, 1.54) is 308 Å². The Balaban J connectivity index is 3.35. The van der Waals surface area contributed by atoms with Gasteiger partial charge in [-0.15, -0.1) is 0 Å². The first kappa shape index (κ1) is 77.8. The normalized spacial score (nSPS) is 12.8. The van der Waals surface area contributed by atoms with Gasteiger partial charge in [-0.05, 0) is 83.5 Å². The number of ether oxygens (including phenoxy) is 1. The van der Waals surface area contributed by atoms with Crippen molar-refractivity contribution in [3.63, 3.8) is 0 Å². The van der Waals surface area contributed by atoms with Crippen molar-refractivity contribution in [2.75, 3.05) is 13.2 Å². The molecular formula is C74H139NO5. The molecule has 2 unspecified atom stereocenters. The molecule has 1 amide bonds. The van der Waals surface area contributed by atoms with Gasteiger partial charge in [0.25, 0.3) is 0 Å². The number of rotatable bonds is 67. The lowest BCUT2D eigenvalue weighted by molar-refractivity contribution is -0.143. The molecule has 0 heterocycles. The fourth-order valence-electron chi connectivity index (χ4n) is 11.1. The van der Waals surface area contributed by atoms with Gasteiger partial charge in [-0.25, -0.2) is 0 Å². The first-order valence-corrected chi connectivity index (χ1v) is 35.9. The number of carbonyl (C=O) groups excluding carboxylic acids is 2. The van der Waals surface area contributed by atoms with Gasteiger partial charge >= 0.3 is 5.97 Å². The second kappa shape index (κ2) is 69.3. The molecule has 0 spiro atoms. The molecule has 0 aliphatic heterocycles. The van der Waals surface area contributed by atoms with Crippen molar-refractivity contribution >= 4 is 11.9 Å². The smallest absolute Gasteiger partial charge is 0.305 e. The Morgan fingerprint density at radius 3 is 1.00 bits per heavy atom. The molecule has 0 rings (SSSR count). The predicted molar refractivity (Wildman–Crippen MR) is 352 cm³/mol. The molecule has 6 nitrogen and oxygen atoms in total. The third kappa shape index (κ3) is 65.0. The van der Waals surface area contributed by atoms with Gasteiger partial charge in [0.15, 0.2) is 0 Å². The first-order chi connectivity index (χ1) is 39.5. The van der Waals surface area contributed by atoms with Gasteiger partial charge in [0.1, 0.15) is 0 Å². The fraction of sp³-hybridized carbons (Fsp3) is 0.865. The summed E-state index contributed by atoms with van der Waals surface area (Å²) in [5.41, 5.74) is 0. The average Bonchev–Trinajstić information content (AvgIpc) is 3.46. The van der Waals surface area contributed by atoms with E-state index < -0.39 is 12.1 Å². The SMILES string of the molecule is CCCC/C=C\C/C=C\CCCCCCCC(=O)OCCCCCCCCCCCCCCCC/C=C\CCCCCCCCCCCCCCCCCCCC(=O)NC(CO)C(O)/C=C/CCCCCCCCCCCCCC. The third-order valence-electron chi connectivity index (χ3n) is 16.6. The van der Waals surface area contributed by atoms with Gasteiger partial charge in [0.05, 0.1) is 25.4 Å². The standard InChI is InChI=1S/C74H139NO5/c1-3-5-7-9-11-13-15-17-42-46-50-54-58-62-66-72(77)71(70-76)75-73(78)67-63-59-55-51-47-43-40-38-36-34-32-30-28-26-24-22-20-19-21-23-25-27-29-31-33-35-37-39-41-45-49-53-57-61-65-69-80-74(79)68-64-60-56-52-48-44-18-16-14-12-10-8-6-4-2/h10,12,16,18,21,23,62,66,71-72,76-77H,3-9,11,13-15,17,19-20,22,24-61,63-65,67-70H2,1-2H3,(H,75,78)/b12-10-,18-16-,23-21-,66-62+. The van der Waals surface area contributed by atoms with Crippen LogP contribution in [0.4, 0.5) is 0 Å². The highest BCUT2D eigenvalue weighted by Crippen LogP contribution is 2.18. The van der Waals surface area contributed by atoms with Crippen LogP contribution < -0.4 is 5.32 Å². The molecule has 0 aromatic rings. The zero-order valence-electron chi connectivity index (χ0n) is 53.8. The van der Waals surface area contributed by atoms with Gasteiger partial charge in [0, 0.05) is 12.8 Å². The highest BCUT2D eigenvalue weighted by Gasteiger charge is 2.18. The van der Waals surface area contributed by atoms with Crippen molar-refractivity contribution in [2.24, 2.45) is 0 Å². The topological polar surface area (TPSA) is 95.9 Å². The highest BCUT2D eigenvalue weighted by atomic mass is 16.5. The van der Waals surface area contributed by atoms with E-state index in [1.807, 2.05) is 6.08 Å². The lowest BCUT2D eigenvalue weighted by Crippen LogP contribution is -2.45. The summed E-state index contributed by atoms with van der Waals surface area (Å²) in [5.74, 6) is -0.0576. The van der Waals surface area contributed by atoms with E-state index in [2.05, 4.69) is 55.6 Å². The number of aliphatic hydroxyl groups excluding tert-OH is 2. The molecule has 0 radical (unpaired) electrons. The van der Waals surface area contributed by atoms with E-state index >= 15 is 0 Å². The Labute approximate surface area is 499 Å². The first-order valence-electron chi connectivity index (χ1n) is 35.9. The Morgan fingerprint density at radius 2 is 0.637 bits per heavy atom. The summed E-state index contributed by atoms with van der Waals surface area (Å²) in [4.78, 5) is 24.5. The fourth-order valence-corrected chi connectivity index (χ4v) is 11.1. The highest BCUT2D eigenvalue weighted by molar-refractivity contribution is 5.76. The van der Waals surface area contributed by atoms with E-state index in [0.29, 0.717) is 19.4 Å². The number of hydrogen-bond acceptors (Lipinski definition) is 5. The third-order valence-corrected chi connectivity index (χ3v) is 16.6. The van der Waals surface area contributed by atoms with Crippen LogP contribution in [-0.4, -0.2) is 47.4 Å². The van der Waals surface area contributed by atoms with Gasteiger partial charge in [-0.3, -0.25) is 9.59 Å². The quantitative estimate of drug-likeness (QED) is 0.0320. The zero-order valence-corrected chi connectivity index (χ0v) is 53.8. The number of unbranched alkanes of at least 4 members (excludes halogenated alkanes) is 50. The average molecular weight is 1120 g/mol. The van der Waals surface area contributed by atoms with Crippen molar-refractivity contribution in [1.82, 2.24) is 5.32 Å². The monoisotopic (exact) mass is 1120 g/mol. The second-order valence-electron chi connectivity index (χ2n) is 24.6. The van der Waals surface area contributed by atoms with Crippen LogP contribution in [0.1, 0.15) is 386 Å². The number of carbonyl (C=O) groups is 2. The molecule has 0 fully saturated rings. The largest absolute Gasteiger partial charge is 0.466 e. The van der Waals surface area contributed by atoms with E-state index in [-0.39, 0.29) is 18.5 Å². The lowest BCUT2D eigenvalue weighted by Gasteiger charge is -2.20. The molecule has 470 valence electrons. The number of nitrogens with one attached hydrogen (secondary N) is 1. The maximum absolute atomic E-state index is 12.5. The molecule has 80 heavy (non-hydrogen) atoms. The summed E-state index contributed by atoms with van der Waals surface area (Å²) < 4.78 is 5.48. The molecular weight excluding hydrogens is 983 g/mol. The van der Waals surface area contributed by atoms with Crippen molar-refractivity contribution in [1.29, 1.82) is 0 Å². The Kier molecular flexibility index (Phi) is 67.4. The van der Waals surface area contributed by atoms with E-state index in [9.17, 15) is 19.8 Å². The summed E-state index contributed by atoms with van der Waals surface area (Å²) in [6, 6.07) is -0.625. The molecule has 0 aliphatic carbocycles. The molecule has 2 atom stereocenters. The molecule has 3 N–H and O–H groups in total. The molecule has 0 saturated heterocycles. The Bertz CT molecular complexity index is 1340. The Hall–Kier alpha value is -2.18. The van der Waals surface area contributed by atoms with Crippen molar-refractivity contribution in [3.8, 4) is 0 Å². The summed E-state index contributed by atoms with van der Waals surface area (Å²) in [6.45, 7) is 4.88. The minimum atomic E-state index is -0.842. The summed E-state index contributed by atoms with van der Waals surface area (Å²) >= 11 is 0. The van der Waals surface area contributed by atoms with E-state index in [1.54, 1.807) is 6.08 Å². The maximum Gasteiger partial charge on any atom is 0.305 e. The number of allylic oxidation sites excluding steroid dienone is 7. The molecule has 0 saturated carbocycles. The Morgan fingerprint density at radius 1 is 0.350 bits per heavy atom. The molecule has 0 bridgehead atoms. The van der Waals surface area contributed by atoms with Crippen molar-refractivity contribution < 1.29 is 24.5 Å². The number of aliphatic hydroxyl groups is 2. The van der Waals surface area contributed by atoms with Gasteiger partial charge in [-0.1, -0.05) is 339 Å². The van der Waals surface area contributed by atoms with Gasteiger partial charge < -0.3 is 20.3 Å². The van der Waals surface area contributed by atoms with Crippen LogP contribution in [0.5, 0.6) is 0 Å².